The fourth-order valence-corrected chi connectivity index (χ4v) is 2.45. The van der Waals surface area contributed by atoms with Crippen LogP contribution in [0.15, 0.2) is 18.2 Å². The molecule has 5 heteroatoms. The molecule has 1 aliphatic rings. The van der Waals surface area contributed by atoms with Gasteiger partial charge in [0.15, 0.2) is 0 Å². The van der Waals surface area contributed by atoms with E-state index in [1.807, 2.05) is 6.07 Å². The Labute approximate surface area is 112 Å². The summed E-state index contributed by atoms with van der Waals surface area (Å²) >= 11 is 4.77. The zero-order valence-electron chi connectivity index (χ0n) is 10.4. The van der Waals surface area contributed by atoms with Gasteiger partial charge in [-0.3, -0.25) is 0 Å². The zero-order chi connectivity index (χ0) is 13.1. The van der Waals surface area contributed by atoms with Crippen molar-refractivity contribution in [2.45, 2.75) is 6.42 Å². The molecule has 1 fully saturated rings. The number of anilines is 1. The lowest BCUT2D eigenvalue weighted by Gasteiger charge is -2.13. The molecule has 1 unspecified atom stereocenters. The molecule has 3 nitrogen and oxygen atoms in total. The minimum absolute atomic E-state index is 0.0940. The summed E-state index contributed by atoms with van der Waals surface area (Å²) < 4.78 is 13.6. The highest BCUT2D eigenvalue weighted by Crippen LogP contribution is 2.18. The SMILES string of the molecule is CN1CCC(CNc2ccc(C(N)=S)c(F)c2)C1. The molecule has 98 valence electrons. The lowest BCUT2D eigenvalue weighted by molar-refractivity contribution is 0.399. The van der Waals surface area contributed by atoms with E-state index >= 15 is 0 Å². The molecule has 1 aromatic rings. The second-order valence-corrected chi connectivity index (χ2v) is 5.30. The maximum absolute atomic E-state index is 13.6. The van der Waals surface area contributed by atoms with Crippen LogP contribution in [0.5, 0.6) is 0 Å². The van der Waals surface area contributed by atoms with E-state index in [4.69, 9.17) is 18.0 Å². The lowest BCUT2D eigenvalue weighted by atomic mass is 10.1. The fraction of sp³-hybridized carbons (Fsp3) is 0.462. The average molecular weight is 267 g/mol. The Morgan fingerprint density at radius 3 is 2.94 bits per heavy atom. The topological polar surface area (TPSA) is 41.3 Å². The number of likely N-dealkylation sites (tertiary alicyclic amines) is 1. The molecule has 1 aromatic carbocycles. The molecule has 1 aliphatic heterocycles. The molecule has 0 spiro atoms. The number of thiocarbonyl (C=S) groups is 1. The van der Waals surface area contributed by atoms with Crippen molar-refractivity contribution in [3.8, 4) is 0 Å². The second-order valence-electron chi connectivity index (χ2n) is 4.86. The van der Waals surface area contributed by atoms with Gasteiger partial charge in [0.25, 0.3) is 0 Å². The first-order valence-corrected chi connectivity index (χ1v) is 6.49. The van der Waals surface area contributed by atoms with Gasteiger partial charge in [-0.1, -0.05) is 12.2 Å². The summed E-state index contributed by atoms with van der Waals surface area (Å²) in [7, 11) is 2.12. The van der Waals surface area contributed by atoms with E-state index in [2.05, 4.69) is 17.3 Å². The van der Waals surface area contributed by atoms with Crippen molar-refractivity contribution in [1.29, 1.82) is 0 Å². The van der Waals surface area contributed by atoms with Crippen LogP contribution < -0.4 is 11.1 Å². The van der Waals surface area contributed by atoms with Crippen LogP contribution in [-0.2, 0) is 0 Å². The molecule has 0 bridgehead atoms. The Hall–Kier alpha value is -1.20. The smallest absolute Gasteiger partial charge is 0.135 e. The van der Waals surface area contributed by atoms with Crippen molar-refractivity contribution >= 4 is 22.9 Å². The molecule has 0 amide bonds. The number of nitrogens with two attached hydrogens (primary N) is 1. The Balaban J connectivity index is 1.94. The van der Waals surface area contributed by atoms with E-state index in [1.165, 1.54) is 12.5 Å². The van der Waals surface area contributed by atoms with Gasteiger partial charge in [-0.25, -0.2) is 4.39 Å². The van der Waals surface area contributed by atoms with Gasteiger partial charge in [0.2, 0.25) is 0 Å². The minimum Gasteiger partial charge on any atom is -0.389 e. The number of hydrogen-bond donors (Lipinski definition) is 2. The van der Waals surface area contributed by atoms with Crippen LogP contribution in [0, 0.1) is 11.7 Å². The average Bonchev–Trinajstić information content (AvgIpc) is 2.72. The number of hydrogen-bond acceptors (Lipinski definition) is 3. The molecular formula is C13H18FN3S. The molecule has 2 rings (SSSR count). The van der Waals surface area contributed by atoms with E-state index in [0.717, 1.165) is 25.3 Å². The standard InChI is InChI=1S/C13H18FN3S/c1-17-5-4-9(8-17)7-16-10-2-3-11(13(15)18)12(14)6-10/h2-3,6,9,16H,4-5,7-8H2,1H3,(H2,15,18). The van der Waals surface area contributed by atoms with Crippen molar-refractivity contribution in [3.05, 3.63) is 29.6 Å². The van der Waals surface area contributed by atoms with Gasteiger partial charge in [-0.15, -0.1) is 0 Å². The van der Waals surface area contributed by atoms with Gasteiger partial charge in [-0.2, -0.15) is 0 Å². The van der Waals surface area contributed by atoms with E-state index in [-0.39, 0.29) is 10.8 Å². The predicted octanol–water partition coefficient (Wildman–Crippen LogP) is 1.82. The van der Waals surface area contributed by atoms with Crippen LogP contribution >= 0.6 is 12.2 Å². The Kier molecular flexibility index (Phi) is 4.14. The molecule has 0 radical (unpaired) electrons. The van der Waals surface area contributed by atoms with E-state index in [0.29, 0.717) is 11.5 Å². The third kappa shape index (κ3) is 3.17. The van der Waals surface area contributed by atoms with Crippen LogP contribution in [0.4, 0.5) is 10.1 Å². The molecule has 1 saturated heterocycles. The number of rotatable bonds is 4. The summed E-state index contributed by atoms with van der Waals surface area (Å²) in [6.07, 6.45) is 1.19. The summed E-state index contributed by atoms with van der Waals surface area (Å²) in [5.74, 6) is 0.268. The van der Waals surface area contributed by atoms with Crippen LogP contribution in [0.1, 0.15) is 12.0 Å². The highest BCUT2D eigenvalue weighted by atomic mass is 32.1. The Bertz CT molecular complexity index is 450. The predicted molar refractivity (Wildman–Crippen MR) is 76.4 cm³/mol. The van der Waals surface area contributed by atoms with Gasteiger partial charge in [-0.05, 0) is 44.1 Å². The van der Waals surface area contributed by atoms with E-state index in [1.54, 1.807) is 6.07 Å². The Morgan fingerprint density at radius 1 is 1.61 bits per heavy atom. The van der Waals surface area contributed by atoms with Gasteiger partial charge < -0.3 is 16.0 Å². The van der Waals surface area contributed by atoms with Crippen molar-refractivity contribution in [2.75, 3.05) is 32.0 Å². The third-order valence-electron chi connectivity index (χ3n) is 3.32. The normalized spacial score (nSPS) is 20.0. The highest BCUT2D eigenvalue weighted by molar-refractivity contribution is 7.80. The molecule has 1 atom stereocenters. The number of halogens is 1. The maximum atomic E-state index is 13.6. The molecule has 0 aliphatic carbocycles. The molecule has 18 heavy (non-hydrogen) atoms. The van der Waals surface area contributed by atoms with Crippen molar-refractivity contribution in [3.63, 3.8) is 0 Å². The van der Waals surface area contributed by atoms with Crippen LogP contribution in [-0.4, -0.2) is 36.6 Å². The zero-order valence-corrected chi connectivity index (χ0v) is 11.3. The number of benzene rings is 1. The maximum Gasteiger partial charge on any atom is 0.135 e. The number of nitrogens with zero attached hydrogens (tertiary/aromatic N) is 1. The molecule has 0 saturated carbocycles. The van der Waals surface area contributed by atoms with Crippen molar-refractivity contribution in [1.82, 2.24) is 4.90 Å². The summed E-state index contributed by atoms with van der Waals surface area (Å²) in [6.45, 7) is 3.11. The van der Waals surface area contributed by atoms with Crippen LogP contribution in [0.2, 0.25) is 0 Å². The number of nitrogens with one attached hydrogen (secondary N) is 1. The van der Waals surface area contributed by atoms with Gasteiger partial charge in [0.05, 0.1) is 0 Å². The highest BCUT2D eigenvalue weighted by Gasteiger charge is 2.18. The fourth-order valence-electron chi connectivity index (χ4n) is 2.28. The molecule has 3 N–H and O–H groups in total. The first kappa shape index (κ1) is 13.2. The summed E-state index contributed by atoms with van der Waals surface area (Å²) in [5, 5.41) is 3.26. The minimum atomic E-state index is -0.365. The van der Waals surface area contributed by atoms with Crippen molar-refractivity contribution < 1.29 is 4.39 Å². The van der Waals surface area contributed by atoms with Crippen molar-refractivity contribution in [2.24, 2.45) is 11.7 Å². The molecule has 1 heterocycles. The third-order valence-corrected chi connectivity index (χ3v) is 3.54. The first-order chi connectivity index (χ1) is 8.56. The molecular weight excluding hydrogens is 249 g/mol. The lowest BCUT2D eigenvalue weighted by Crippen LogP contribution is -2.19. The largest absolute Gasteiger partial charge is 0.389 e. The van der Waals surface area contributed by atoms with E-state index < -0.39 is 0 Å². The van der Waals surface area contributed by atoms with Crippen LogP contribution in [0.3, 0.4) is 0 Å². The molecule has 0 aromatic heterocycles. The summed E-state index contributed by atoms with van der Waals surface area (Å²) in [6, 6.07) is 4.89. The second kappa shape index (κ2) is 5.63. The first-order valence-electron chi connectivity index (χ1n) is 6.08. The van der Waals surface area contributed by atoms with Gasteiger partial charge >= 0.3 is 0 Å². The summed E-state index contributed by atoms with van der Waals surface area (Å²) in [4.78, 5) is 2.40. The van der Waals surface area contributed by atoms with E-state index in [9.17, 15) is 4.39 Å². The van der Waals surface area contributed by atoms with Gasteiger partial charge in [0.1, 0.15) is 10.8 Å². The quantitative estimate of drug-likeness (QED) is 0.817. The Morgan fingerprint density at radius 2 is 2.39 bits per heavy atom. The van der Waals surface area contributed by atoms with Crippen LogP contribution in [0.25, 0.3) is 0 Å². The summed E-state index contributed by atoms with van der Waals surface area (Å²) in [5.41, 5.74) is 6.50. The monoisotopic (exact) mass is 267 g/mol. The van der Waals surface area contributed by atoms with Gasteiger partial charge in [0, 0.05) is 24.3 Å².